The van der Waals surface area contributed by atoms with E-state index in [0.717, 1.165) is 26.2 Å². The average Bonchev–Trinajstić information content (AvgIpc) is 2.62. The third kappa shape index (κ3) is 7.49. The predicted molar refractivity (Wildman–Crippen MR) is 116 cm³/mol. The molecular weight excluding hydrogens is 370 g/mol. The minimum Gasteiger partial charge on any atom is -0.376 e. The molecule has 0 saturated carbocycles. The lowest BCUT2D eigenvalue weighted by atomic mass is 9.83. The van der Waals surface area contributed by atoms with Gasteiger partial charge in [-0.05, 0) is 41.5 Å². The van der Waals surface area contributed by atoms with Gasteiger partial charge in [-0.1, -0.05) is 0 Å². The molecule has 0 N–H and O–H groups in total. The number of hydrogen-bond donors (Lipinski definition) is 0. The molecule has 2 rings (SSSR count). The SMILES string of the molecule is [B]C(F)(COC(C)C)CN1CC(C)N(CC(=O)N2CCN(C(C)C)CC2)C(C)C1. The number of halogens is 1. The van der Waals surface area contributed by atoms with Gasteiger partial charge < -0.3 is 9.64 Å². The molecular formula is C21H40BFN4O2. The second-order valence-electron chi connectivity index (χ2n) is 9.47. The van der Waals surface area contributed by atoms with Gasteiger partial charge in [-0.3, -0.25) is 23.9 Å². The zero-order valence-corrected chi connectivity index (χ0v) is 19.2. The van der Waals surface area contributed by atoms with E-state index in [2.05, 4.69) is 42.4 Å². The van der Waals surface area contributed by atoms with Crippen molar-refractivity contribution in [2.24, 2.45) is 0 Å². The van der Waals surface area contributed by atoms with Crippen LogP contribution in [0.2, 0.25) is 0 Å². The molecule has 8 heteroatoms. The Bertz CT molecular complexity index is 515. The summed E-state index contributed by atoms with van der Waals surface area (Å²) in [6.45, 7) is 17.7. The van der Waals surface area contributed by atoms with Crippen LogP contribution in [0.1, 0.15) is 41.5 Å². The van der Waals surface area contributed by atoms with E-state index in [4.69, 9.17) is 12.6 Å². The Kier molecular flexibility index (Phi) is 8.95. The number of carbonyl (C=O) groups excluding carboxylic acids is 1. The minimum atomic E-state index is -1.86. The van der Waals surface area contributed by atoms with E-state index in [1.807, 2.05) is 18.7 Å². The molecule has 3 unspecified atom stereocenters. The largest absolute Gasteiger partial charge is 0.376 e. The minimum absolute atomic E-state index is 0.0446. The van der Waals surface area contributed by atoms with Crippen LogP contribution in [0.15, 0.2) is 0 Å². The molecule has 0 aromatic rings. The first-order valence-electron chi connectivity index (χ1n) is 11.1. The van der Waals surface area contributed by atoms with Gasteiger partial charge in [0.2, 0.25) is 5.91 Å². The maximum Gasteiger partial charge on any atom is 0.236 e. The smallest absolute Gasteiger partial charge is 0.236 e. The summed E-state index contributed by atoms with van der Waals surface area (Å²) in [7, 11) is 5.82. The van der Waals surface area contributed by atoms with Crippen LogP contribution in [0.5, 0.6) is 0 Å². The molecule has 0 bridgehead atoms. The van der Waals surface area contributed by atoms with Crippen LogP contribution >= 0.6 is 0 Å². The van der Waals surface area contributed by atoms with Gasteiger partial charge in [0, 0.05) is 63.9 Å². The van der Waals surface area contributed by atoms with Crippen LogP contribution < -0.4 is 0 Å². The van der Waals surface area contributed by atoms with Gasteiger partial charge in [0.1, 0.15) is 13.4 Å². The Morgan fingerprint density at radius 1 is 1.10 bits per heavy atom. The Morgan fingerprint density at radius 2 is 1.66 bits per heavy atom. The van der Waals surface area contributed by atoms with Crippen LogP contribution in [0.25, 0.3) is 0 Å². The Labute approximate surface area is 178 Å². The van der Waals surface area contributed by atoms with Crippen molar-refractivity contribution >= 4 is 13.8 Å². The Hall–Kier alpha value is -0.695. The Balaban J connectivity index is 1.83. The topological polar surface area (TPSA) is 39.3 Å². The number of alkyl halides is 1. The van der Waals surface area contributed by atoms with Crippen LogP contribution in [-0.4, -0.2) is 122 Å². The summed E-state index contributed by atoms with van der Waals surface area (Å²) in [6, 6.07) is 0.861. The van der Waals surface area contributed by atoms with Crippen LogP contribution in [0.3, 0.4) is 0 Å². The van der Waals surface area contributed by atoms with Crippen molar-refractivity contribution in [2.75, 3.05) is 59.0 Å². The molecule has 2 heterocycles. The summed E-state index contributed by atoms with van der Waals surface area (Å²) in [4.78, 5) is 21.5. The van der Waals surface area contributed by atoms with Gasteiger partial charge in [0.05, 0.1) is 19.3 Å². The Morgan fingerprint density at radius 3 is 2.14 bits per heavy atom. The second kappa shape index (κ2) is 10.6. The lowest BCUT2D eigenvalue weighted by Crippen LogP contribution is -2.61. The number of piperazine rings is 2. The standard InChI is InChI=1S/C21H40BFN4O2/c1-16(2)25-7-9-26(10-8-25)20(28)13-27-18(5)11-24(12-19(27)6)14-21(22,23)15-29-17(3)4/h16-19H,7-15H2,1-6H3. The quantitative estimate of drug-likeness (QED) is 0.563. The van der Waals surface area contributed by atoms with Crippen molar-refractivity contribution in [2.45, 2.75) is 71.3 Å². The molecule has 2 saturated heterocycles. The van der Waals surface area contributed by atoms with Gasteiger partial charge in [-0.15, -0.1) is 0 Å². The predicted octanol–water partition coefficient (Wildman–Crippen LogP) is 1.19. The number of hydrogen-bond acceptors (Lipinski definition) is 5. The fraction of sp³-hybridized carbons (Fsp3) is 0.952. The molecule has 166 valence electrons. The molecule has 0 spiro atoms. The summed E-state index contributed by atoms with van der Waals surface area (Å²) in [5.41, 5.74) is -1.86. The van der Waals surface area contributed by atoms with E-state index in [9.17, 15) is 9.18 Å². The van der Waals surface area contributed by atoms with E-state index >= 15 is 0 Å². The van der Waals surface area contributed by atoms with Gasteiger partial charge in [0.25, 0.3) is 0 Å². The van der Waals surface area contributed by atoms with Crippen molar-refractivity contribution < 1.29 is 13.9 Å². The van der Waals surface area contributed by atoms with Crippen molar-refractivity contribution in [3.63, 3.8) is 0 Å². The third-order valence-electron chi connectivity index (χ3n) is 6.04. The summed E-state index contributed by atoms with van der Waals surface area (Å²) in [5.74, 6) is 0.199. The number of ether oxygens (including phenoxy) is 1. The van der Waals surface area contributed by atoms with Gasteiger partial charge >= 0.3 is 0 Å². The monoisotopic (exact) mass is 410 g/mol. The number of carbonyl (C=O) groups is 1. The van der Waals surface area contributed by atoms with E-state index in [1.54, 1.807) is 0 Å². The highest BCUT2D eigenvalue weighted by Crippen LogP contribution is 2.20. The highest BCUT2D eigenvalue weighted by molar-refractivity contribution is 6.14. The molecule has 6 nitrogen and oxygen atoms in total. The van der Waals surface area contributed by atoms with Gasteiger partial charge in [0.15, 0.2) is 0 Å². The zero-order chi connectivity index (χ0) is 21.8. The fourth-order valence-corrected chi connectivity index (χ4v) is 4.37. The molecule has 3 atom stereocenters. The maximum atomic E-state index is 14.7. The van der Waals surface area contributed by atoms with E-state index in [0.29, 0.717) is 25.7 Å². The molecule has 0 aromatic carbocycles. The first kappa shape index (κ1) is 24.6. The van der Waals surface area contributed by atoms with Crippen molar-refractivity contribution in [1.82, 2.24) is 19.6 Å². The first-order valence-corrected chi connectivity index (χ1v) is 11.1. The second-order valence-corrected chi connectivity index (χ2v) is 9.47. The highest BCUT2D eigenvalue weighted by atomic mass is 19.1. The molecule has 0 aromatic heterocycles. The average molecular weight is 410 g/mol. The number of amides is 1. The third-order valence-corrected chi connectivity index (χ3v) is 6.04. The molecule has 2 aliphatic rings. The summed E-state index contributed by atoms with van der Waals surface area (Å²) >= 11 is 0. The van der Waals surface area contributed by atoms with Gasteiger partial charge in [-0.25, -0.2) is 0 Å². The maximum absolute atomic E-state index is 14.7. The van der Waals surface area contributed by atoms with Crippen molar-refractivity contribution in [3.05, 3.63) is 0 Å². The lowest BCUT2D eigenvalue weighted by molar-refractivity contribution is -0.136. The highest BCUT2D eigenvalue weighted by Gasteiger charge is 2.35. The number of nitrogens with zero attached hydrogens (tertiary/aromatic N) is 4. The van der Waals surface area contributed by atoms with Crippen LogP contribution in [0, 0.1) is 0 Å². The normalized spacial score (nSPS) is 27.6. The molecule has 2 aliphatic heterocycles. The summed E-state index contributed by atoms with van der Waals surface area (Å²) < 4.78 is 20.0. The molecule has 0 aliphatic carbocycles. The zero-order valence-electron chi connectivity index (χ0n) is 19.2. The van der Waals surface area contributed by atoms with Crippen molar-refractivity contribution in [3.8, 4) is 0 Å². The van der Waals surface area contributed by atoms with Crippen LogP contribution in [0.4, 0.5) is 4.39 Å². The van der Waals surface area contributed by atoms with E-state index in [-0.39, 0.29) is 37.2 Å². The molecule has 29 heavy (non-hydrogen) atoms. The molecule has 1 amide bonds. The summed E-state index contributed by atoms with van der Waals surface area (Å²) in [5, 5.41) is 0. The molecule has 2 radical (unpaired) electrons. The van der Waals surface area contributed by atoms with E-state index in [1.165, 1.54) is 0 Å². The van der Waals surface area contributed by atoms with Crippen molar-refractivity contribution in [1.29, 1.82) is 0 Å². The van der Waals surface area contributed by atoms with Gasteiger partial charge in [-0.2, -0.15) is 0 Å². The van der Waals surface area contributed by atoms with E-state index < -0.39 is 5.57 Å². The molecule has 2 fully saturated rings. The first-order chi connectivity index (χ1) is 13.5. The fourth-order valence-electron chi connectivity index (χ4n) is 4.37. The lowest BCUT2D eigenvalue weighted by Gasteiger charge is -2.46. The number of rotatable bonds is 8. The summed E-state index contributed by atoms with van der Waals surface area (Å²) in [6.07, 6.45) is -0.0446. The van der Waals surface area contributed by atoms with Crippen LogP contribution in [-0.2, 0) is 9.53 Å².